The molecule has 4 saturated carbocycles. The number of carbonyl (C=O) groups excluding carboxylic acids is 2. The Hall–Kier alpha value is -2.12. The Balaban J connectivity index is 1.16. The molecule has 0 unspecified atom stereocenters. The fourth-order valence-electron chi connectivity index (χ4n) is 6.64. The number of carbonyl (C=O) groups is 2. The van der Waals surface area contributed by atoms with Crippen molar-refractivity contribution in [3.05, 3.63) is 45.4 Å². The summed E-state index contributed by atoms with van der Waals surface area (Å²) in [7, 11) is 0. The highest BCUT2D eigenvalue weighted by Gasteiger charge is 2.50. The molecule has 6 rings (SSSR count). The van der Waals surface area contributed by atoms with Gasteiger partial charge in [0.05, 0.1) is 5.69 Å². The zero-order chi connectivity index (χ0) is 22.3. The van der Waals surface area contributed by atoms with Crippen molar-refractivity contribution in [2.45, 2.75) is 51.5 Å². The summed E-state index contributed by atoms with van der Waals surface area (Å²) >= 11 is 7.11. The molecule has 4 N–H and O–H groups in total. The van der Waals surface area contributed by atoms with Crippen LogP contribution in [0.4, 0.5) is 5.69 Å². The smallest absolute Gasteiger partial charge is 0.273 e. The SMILES string of the molecule is Nc1c(C(=O)NCc2ccccc2Cl)nsc1C(=O)NCCC12CC3CC(CC(C3)C1)C2. The average molecular weight is 473 g/mol. The molecule has 170 valence electrons. The third-order valence-corrected chi connectivity index (χ3v) is 8.88. The van der Waals surface area contributed by atoms with Crippen molar-refractivity contribution in [1.82, 2.24) is 15.0 Å². The zero-order valence-corrected chi connectivity index (χ0v) is 19.6. The van der Waals surface area contributed by atoms with Gasteiger partial charge in [-0.05, 0) is 91.3 Å². The molecular formula is C24H29ClN4O2S. The lowest BCUT2D eigenvalue weighted by molar-refractivity contribution is -0.0564. The topological polar surface area (TPSA) is 97.1 Å². The summed E-state index contributed by atoms with van der Waals surface area (Å²) in [6, 6.07) is 7.30. The number of aromatic nitrogens is 1. The number of nitrogen functional groups attached to an aromatic ring is 1. The van der Waals surface area contributed by atoms with E-state index in [4.69, 9.17) is 17.3 Å². The van der Waals surface area contributed by atoms with Crippen LogP contribution in [0.1, 0.15) is 70.7 Å². The summed E-state index contributed by atoms with van der Waals surface area (Å²) in [6.07, 6.45) is 9.28. The fraction of sp³-hybridized carbons (Fsp3) is 0.542. The molecule has 1 aromatic carbocycles. The second-order valence-corrected chi connectivity index (χ2v) is 11.2. The van der Waals surface area contributed by atoms with Crippen LogP contribution < -0.4 is 16.4 Å². The van der Waals surface area contributed by atoms with Crippen molar-refractivity contribution in [2.24, 2.45) is 23.2 Å². The van der Waals surface area contributed by atoms with E-state index in [-0.39, 0.29) is 23.8 Å². The summed E-state index contributed by atoms with van der Waals surface area (Å²) in [5.74, 6) is 2.06. The molecule has 8 heteroatoms. The third kappa shape index (κ3) is 4.25. The standard InChI is InChI=1S/C24H29ClN4O2S/c25-18-4-2-1-3-17(18)13-28-22(30)20-19(26)21(32-29-20)23(31)27-6-5-24-10-14-7-15(11-24)9-16(8-14)12-24/h1-4,14-16H,5-13,26H2,(H,27,31)(H,28,30). The first-order chi connectivity index (χ1) is 15.4. The number of rotatable bonds is 7. The van der Waals surface area contributed by atoms with E-state index in [0.717, 1.165) is 41.3 Å². The minimum absolute atomic E-state index is 0.0910. The van der Waals surface area contributed by atoms with Crippen LogP contribution in [0, 0.1) is 23.2 Å². The molecule has 0 atom stereocenters. The molecule has 1 heterocycles. The summed E-state index contributed by atoms with van der Waals surface area (Å²) in [5.41, 5.74) is 7.58. The van der Waals surface area contributed by atoms with Crippen molar-refractivity contribution in [1.29, 1.82) is 0 Å². The minimum Gasteiger partial charge on any atom is -0.395 e. The minimum atomic E-state index is -0.411. The van der Waals surface area contributed by atoms with Crippen molar-refractivity contribution in [3.63, 3.8) is 0 Å². The summed E-state index contributed by atoms with van der Waals surface area (Å²) in [6.45, 7) is 0.915. The Morgan fingerprint density at radius 2 is 1.72 bits per heavy atom. The summed E-state index contributed by atoms with van der Waals surface area (Å²) in [4.78, 5) is 25.6. The van der Waals surface area contributed by atoms with Gasteiger partial charge in [-0.15, -0.1) is 0 Å². The van der Waals surface area contributed by atoms with Crippen LogP contribution in [0.2, 0.25) is 5.02 Å². The first kappa shape index (κ1) is 21.7. The van der Waals surface area contributed by atoms with E-state index >= 15 is 0 Å². The molecule has 1 aromatic heterocycles. The number of nitrogens with zero attached hydrogens (tertiary/aromatic N) is 1. The quantitative estimate of drug-likeness (QED) is 0.546. The van der Waals surface area contributed by atoms with Crippen LogP contribution in [-0.4, -0.2) is 22.7 Å². The first-order valence-corrected chi connectivity index (χ1v) is 12.6. The summed E-state index contributed by atoms with van der Waals surface area (Å²) < 4.78 is 4.14. The van der Waals surface area contributed by atoms with Crippen molar-refractivity contribution in [2.75, 3.05) is 12.3 Å². The third-order valence-electron chi connectivity index (χ3n) is 7.65. The molecule has 0 saturated heterocycles. The highest BCUT2D eigenvalue weighted by atomic mass is 35.5. The van der Waals surface area contributed by atoms with E-state index in [2.05, 4.69) is 15.0 Å². The largest absolute Gasteiger partial charge is 0.395 e. The maximum atomic E-state index is 12.7. The van der Waals surface area contributed by atoms with Crippen LogP contribution in [-0.2, 0) is 6.54 Å². The van der Waals surface area contributed by atoms with Crippen LogP contribution >= 0.6 is 23.1 Å². The van der Waals surface area contributed by atoms with Gasteiger partial charge >= 0.3 is 0 Å². The number of halogens is 1. The highest BCUT2D eigenvalue weighted by molar-refractivity contribution is 7.09. The highest BCUT2D eigenvalue weighted by Crippen LogP contribution is 2.61. The van der Waals surface area contributed by atoms with Gasteiger partial charge in [0.25, 0.3) is 11.8 Å². The maximum Gasteiger partial charge on any atom is 0.273 e. The number of benzene rings is 1. The van der Waals surface area contributed by atoms with Gasteiger partial charge in [0.15, 0.2) is 5.69 Å². The lowest BCUT2D eigenvalue weighted by Gasteiger charge is -2.57. The van der Waals surface area contributed by atoms with Gasteiger partial charge in [0.1, 0.15) is 4.88 Å². The maximum absolute atomic E-state index is 12.7. The zero-order valence-electron chi connectivity index (χ0n) is 18.0. The molecule has 32 heavy (non-hydrogen) atoms. The van der Waals surface area contributed by atoms with E-state index < -0.39 is 5.91 Å². The number of amides is 2. The van der Waals surface area contributed by atoms with E-state index in [1.165, 1.54) is 38.5 Å². The van der Waals surface area contributed by atoms with Crippen molar-refractivity contribution in [3.8, 4) is 0 Å². The lowest BCUT2D eigenvalue weighted by Crippen LogP contribution is -2.47. The Labute approximate surface area is 197 Å². The van der Waals surface area contributed by atoms with Gasteiger partial charge in [-0.1, -0.05) is 29.8 Å². The molecule has 0 aliphatic heterocycles. The molecule has 0 spiro atoms. The molecule has 2 amide bonds. The van der Waals surface area contributed by atoms with Crippen LogP contribution in [0.25, 0.3) is 0 Å². The van der Waals surface area contributed by atoms with Crippen LogP contribution in [0.15, 0.2) is 24.3 Å². The second-order valence-electron chi connectivity index (χ2n) is 9.97. The molecule has 4 aliphatic carbocycles. The lowest BCUT2D eigenvalue weighted by atomic mass is 9.49. The Kier molecular flexibility index (Phi) is 5.88. The van der Waals surface area contributed by atoms with Gasteiger partial charge in [0.2, 0.25) is 0 Å². The Morgan fingerprint density at radius 3 is 2.38 bits per heavy atom. The van der Waals surface area contributed by atoms with Gasteiger partial charge in [-0.25, -0.2) is 0 Å². The van der Waals surface area contributed by atoms with Gasteiger partial charge in [-0.3, -0.25) is 9.59 Å². The fourth-order valence-corrected chi connectivity index (χ4v) is 7.56. The first-order valence-electron chi connectivity index (χ1n) is 11.5. The van der Waals surface area contributed by atoms with Gasteiger partial charge < -0.3 is 16.4 Å². The average Bonchev–Trinajstić information content (AvgIpc) is 3.13. The van der Waals surface area contributed by atoms with Gasteiger partial charge in [0, 0.05) is 18.1 Å². The van der Waals surface area contributed by atoms with E-state index in [9.17, 15) is 9.59 Å². The predicted molar refractivity (Wildman–Crippen MR) is 127 cm³/mol. The number of anilines is 1. The second kappa shape index (κ2) is 8.67. The van der Waals surface area contributed by atoms with Crippen LogP contribution in [0.3, 0.4) is 0 Å². The number of hydrogen-bond acceptors (Lipinski definition) is 5. The van der Waals surface area contributed by atoms with Crippen molar-refractivity contribution < 1.29 is 9.59 Å². The van der Waals surface area contributed by atoms with E-state index in [1.807, 2.05) is 18.2 Å². The van der Waals surface area contributed by atoms with E-state index in [0.29, 0.717) is 21.9 Å². The number of nitrogens with two attached hydrogens (primary N) is 1. The van der Waals surface area contributed by atoms with E-state index in [1.54, 1.807) is 6.07 Å². The Morgan fingerprint density at radius 1 is 1.06 bits per heavy atom. The molecule has 6 nitrogen and oxygen atoms in total. The van der Waals surface area contributed by atoms with Crippen LogP contribution in [0.5, 0.6) is 0 Å². The van der Waals surface area contributed by atoms with Crippen molar-refractivity contribution >= 4 is 40.6 Å². The molecule has 4 bridgehead atoms. The molecule has 2 aromatic rings. The molecular weight excluding hydrogens is 444 g/mol. The summed E-state index contributed by atoms with van der Waals surface area (Å²) in [5, 5.41) is 6.39. The number of nitrogens with one attached hydrogen (secondary N) is 2. The Bertz CT molecular complexity index is 1000. The molecule has 0 radical (unpaired) electrons. The van der Waals surface area contributed by atoms with Gasteiger partial charge in [-0.2, -0.15) is 4.37 Å². The normalized spacial score (nSPS) is 28.0. The monoisotopic (exact) mass is 472 g/mol. The molecule has 4 fully saturated rings. The number of hydrogen-bond donors (Lipinski definition) is 3. The predicted octanol–water partition coefficient (Wildman–Crippen LogP) is 4.65. The molecule has 4 aliphatic rings.